The Morgan fingerprint density at radius 3 is 2.86 bits per heavy atom. The fourth-order valence-electron chi connectivity index (χ4n) is 5.70. The summed E-state index contributed by atoms with van der Waals surface area (Å²) in [6, 6.07) is 1.07. The van der Waals surface area contributed by atoms with Crippen LogP contribution in [0.3, 0.4) is 0 Å². The van der Waals surface area contributed by atoms with E-state index >= 15 is 0 Å². The molecule has 3 rings (SSSR count). The van der Waals surface area contributed by atoms with Crippen molar-refractivity contribution < 1.29 is 4.39 Å². The molecule has 0 amide bonds. The number of rotatable bonds is 5. The van der Waals surface area contributed by atoms with Crippen LogP contribution in [0.2, 0.25) is 0 Å². The Hall–Kier alpha value is -1.63. The van der Waals surface area contributed by atoms with Gasteiger partial charge in [0.15, 0.2) is 5.83 Å². The molecule has 0 radical (unpaired) electrons. The van der Waals surface area contributed by atoms with Crippen molar-refractivity contribution in [3.05, 3.63) is 46.3 Å². The van der Waals surface area contributed by atoms with Gasteiger partial charge in [-0.25, -0.2) is 0 Å². The van der Waals surface area contributed by atoms with E-state index in [0.29, 0.717) is 23.9 Å². The summed E-state index contributed by atoms with van der Waals surface area (Å²) in [6.07, 6.45) is 17.9. The van der Waals surface area contributed by atoms with Crippen LogP contribution >= 0.6 is 0 Å². The molecular formula is C25H35FN2. The first-order chi connectivity index (χ1) is 13.4. The first-order valence-corrected chi connectivity index (χ1v) is 10.9. The second-order valence-electron chi connectivity index (χ2n) is 8.80. The number of hydrogen-bond donors (Lipinski definition) is 1. The number of nitrogens with two attached hydrogens (primary N) is 1. The predicted molar refractivity (Wildman–Crippen MR) is 116 cm³/mol. The lowest BCUT2D eigenvalue weighted by Gasteiger charge is -2.40. The second-order valence-corrected chi connectivity index (χ2v) is 8.80. The molecule has 0 bridgehead atoms. The van der Waals surface area contributed by atoms with Gasteiger partial charge in [-0.2, -0.15) is 4.39 Å². The van der Waals surface area contributed by atoms with E-state index in [-0.39, 0.29) is 0 Å². The van der Waals surface area contributed by atoms with Crippen LogP contribution in [-0.2, 0) is 0 Å². The highest BCUT2D eigenvalue weighted by Gasteiger charge is 2.40. The fourth-order valence-corrected chi connectivity index (χ4v) is 5.70. The summed E-state index contributed by atoms with van der Waals surface area (Å²) in [5.41, 5.74) is 11.7. The minimum absolute atomic E-state index is 0.397. The minimum Gasteiger partial charge on any atom is -0.327 e. The number of likely N-dealkylation sites (tertiary alicyclic amines) is 1. The molecule has 1 saturated heterocycles. The van der Waals surface area contributed by atoms with Crippen molar-refractivity contribution >= 4 is 0 Å². The number of halogens is 1. The van der Waals surface area contributed by atoms with Gasteiger partial charge in [0.1, 0.15) is 0 Å². The van der Waals surface area contributed by atoms with Crippen LogP contribution in [-0.4, -0.2) is 30.1 Å². The first-order valence-electron chi connectivity index (χ1n) is 10.9. The van der Waals surface area contributed by atoms with Gasteiger partial charge in [0.25, 0.3) is 0 Å². The van der Waals surface area contributed by atoms with Crippen LogP contribution in [0, 0.1) is 24.2 Å². The summed E-state index contributed by atoms with van der Waals surface area (Å²) in [5.74, 6) is 2.70. The zero-order valence-electron chi connectivity index (χ0n) is 17.7. The van der Waals surface area contributed by atoms with Crippen molar-refractivity contribution in [1.29, 1.82) is 0 Å². The average molecular weight is 383 g/mol. The molecule has 1 aliphatic heterocycles. The van der Waals surface area contributed by atoms with E-state index in [0.717, 1.165) is 25.0 Å². The highest BCUT2D eigenvalue weighted by atomic mass is 19.1. The highest BCUT2D eigenvalue weighted by Crippen LogP contribution is 2.39. The van der Waals surface area contributed by atoms with Crippen LogP contribution < -0.4 is 5.73 Å². The van der Waals surface area contributed by atoms with E-state index in [4.69, 9.17) is 12.2 Å². The van der Waals surface area contributed by atoms with Gasteiger partial charge in [0.2, 0.25) is 0 Å². The van der Waals surface area contributed by atoms with Gasteiger partial charge in [0.05, 0.1) is 0 Å². The summed E-state index contributed by atoms with van der Waals surface area (Å²) in [4.78, 5) is 2.70. The minimum atomic E-state index is -0.521. The first kappa shape index (κ1) is 21.1. The molecular weight excluding hydrogens is 347 g/mol. The van der Waals surface area contributed by atoms with Gasteiger partial charge in [-0.1, -0.05) is 24.6 Å². The van der Waals surface area contributed by atoms with Crippen LogP contribution in [0.1, 0.15) is 59.3 Å². The molecule has 2 fully saturated rings. The third kappa shape index (κ3) is 4.50. The maximum atomic E-state index is 13.3. The number of allylic oxidation sites excluding steroid dienone is 7. The molecule has 4 unspecified atom stereocenters. The summed E-state index contributed by atoms with van der Waals surface area (Å²) in [6.45, 7) is 8.78. The van der Waals surface area contributed by atoms with E-state index in [1.54, 1.807) is 0 Å². The van der Waals surface area contributed by atoms with Crippen molar-refractivity contribution in [2.24, 2.45) is 17.6 Å². The predicted octanol–water partition coefficient (Wildman–Crippen LogP) is 5.29. The molecule has 0 aromatic carbocycles. The molecule has 3 heteroatoms. The normalized spacial score (nSPS) is 32.2. The Morgan fingerprint density at radius 2 is 2.14 bits per heavy atom. The SMILES string of the molecule is C#CC(F)=CC=C(C)C1=C(C)C=C(CN2CCCC3C(N)CCC32)CC1CC. The summed E-state index contributed by atoms with van der Waals surface area (Å²) in [5, 5.41) is 0. The monoisotopic (exact) mass is 382 g/mol. The molecule has 0 spiro atoms. The van der Waals surface area contributed by atoms with Crippen molar-refractivity contribution in [3.63, 3.8) is 0 Å². The van der Waals surface area contributed by atoms with Crippen LogP contribution in [0.15, 0.2) is 46.3 Å². The lowest BCUT2D eigenvalue weighted by atomic mass is 9.78. The number of terminal acetylenes is 1. The van der Waals surface area contributed by atoms with Gasteiger partial charge in [-0.05, 0) is 99.5 Å². The second kappa shape index (κ2) is 9.25. The maximum Gasteiger partial charge on any atom is 0.172 e. The molecule has 28 heavy (non-hydrogen) atoms. The van der Waals surface area contributed by atoms with Gasteiger partial charge >= 0.3 is 0 Å². The maximum absolute atomic E-state index is 13.3. The van der Waals surface area contributed by atoms with Crippen molar-refractivity contribution in [2.45, 2.75) is 71.4 Å². The number of hydrogen-bond acceptors (Lipinski definition) is 2. The fraction of sp³-hybridized carbons (Fsp3) is 0.600. The number of piperidine rings is 1. The zero-order chi connectivity index (χ0) is 20.3. The Labute approximate surface area is 170 Å². The van der Waals surface area contributed by atoms with E-state index < -0.39 is 5.83 Å². The molecule has 1 saturated carbocycles. The van der Waals surface area contributed by atoms with Crippen LogP contribution in [0.5, 0.6) is 0 Å². The van der Waals surface area contributed by atoms with Crippen molar-refractivity contribution in [1.82, 2.24) is 4.90 Å². The van der Waals surface area contributed by atoms with E-state index in [2.05, 4.69) is 31.7 Å². The molecule has 2 aliphatic carbocycles. The van der Waals surface area contributed by atoms with Gasteiger partial charge in [-0.3, -0.25) is 4.90 Å². The standard InChI is InChI=1S/C25H35FN2/c1-5-20-15-19(14-18(4)25(20)17(3)9-10-21(26)6-2)16-28-13-7-8-22-23(27)11-12-24(22)28/h2,9-10,14,20,22-24H,5,7-8,11-13,15-16,27H2,1,3-4H3. The van der Waals surface area contributed by atoms with Crippen LogP contribution in [0.25, 0.3) is 0 Å². The quantitative estimate of drug-likeness (QED) is 0.517. The summed E-state index contributed by atoms with van der Waals surface area (Å²) >= 11 is 0. The van der Waals surface area contributed by atoms with Crippen LogP contribution in [0.4, 0.5) is 4.39 Å². The lowest BCUT2D eigenvalue weighted by Crippen LogP contribution is -2.47. The van der Waals surface area contributed by atoms with E-state index in [1.807, 2.05) is 12.0 Å². The van der Waals surface area contributed by atoms with Gasteiger partial charge in [0, 0.05) is 18.6 Å². The molecule has 0 aromatic heterocycles. The largest absolute Gasteiger partial charge is 0.327 e. The third-order valence-corrected chi connectivity index (χ3v) is 7.00. The molecule has 3 aliphatic rings. The number of nitrogens with zero attached hydrogens (tertiary/aromatic N) is 1. The topological polar surface area (TPSA) is 29.3 Å². The Kier molecular flexibility index (Phi) is 6.96. The third-order valence-electron chi connectivity index (χ3n) is 7.00. The molecule has 2 N–H and O–H groups in total. The van der Waals surface area contributed by atoms with E-state index in [1.165, 1.54) is 55.0 Å². The van der Waals surface area contributed by atoms with Crippen molar-refractivity contribution in [3.8, 4) is 12.3 Å². The number of fused-ring (bicyclic) bond motifs is 1. The zero-order valence-corrected chi connectivity index (χ0v) is 17.7. The molecule has 0 aromatic rings. The Morgan fingerprint density at radius 1 is 1.36 bits per heavy atom. The highest BCUT2D eigenvalue weighted by molar-refractivity contribution is 5.46. The average Bonchev–Trinajstić information content (AvgIpc) is 3.07. The molecule has 152 valence electrons. The lowest BCUT2D eigenvalue weighted by molar-refractivity contribution is 0.117. The summed E-state index contributed by atoms with van der Waals surface area (Å²) < 4.78 is 13.3. The van der Waals surface area contributed by atoms with Crippen molar-refractivity contribution in [2.75, 3.05) is 13.1 Å². The Bertz CT molecular complexity index is 749. The molecule has 4 atom stereocenters. The molecule has 1 heterocycles. The van der Waals surface area contributed by atoms with Gasteiger partial charge < -0.3 is 5.73 Å². The summed E-state index contributed by atoms with van der Waals surface area (Å²) in [7, 11) is 0. The molecule has 2 nitrogen and oxygen atoms in total. The Balaban J connectivity index is 1.79. The van der Waals surface area contributed by atoms with E-state index in [9.17, 15) is 4.39 Å². The smallest absolute Gasteiger partial charge is 0.172 e. The van der Waals surface area contributed by atoms with Gasteiger partial charge in [-0.15, -0.1) is 6.42 Å².